The molecule has 5 heteroatoms. The number of hydrogen-bond donors (Lipinski definition) is 3. The van der Waals surface area contributed by atoms with Crippen molar-refractivity contribution in [3.63, 3.8) is 0 Å². The van der Waals surface area contributed by atoms with Crippen LogP contribution < -0.4 is 16.0 Å². The van der Waals surface area contributed by atoms with Crippen molar-refractivity contribution in [3.8, 4) is 0 Å². The number of hydrogen-bond acceptors (Lipinski definition) is 3. The molecule has 0 aromatic heterocycles. The van der Waals surface area contributed by atoms with Gasteiger partial charge in [-0.3, -0.25) is 9.59 Å². The summed E-state index contributed by atoms with van der Waals surface area (Å²) in [6.07, 6.45) is 8.32. The number of carbonyl (C=O) groups is 2. The lowest BCUT2D eigenvalue weighted by atomic mass is 9.97. The summed E-state index contributed by atoms with van der Waals surface area (Å²) < 4.78 is 0. The summed E-state index contributed by atoms with van der Waals surface area (Å²) in [4.78, 5) is 23.8. The summed E-state index contributed by atoms with van der Waals surface area (Å²) in [6.45, 7) is 3.55. The molecule has 1 aliphatic rings. The highest BCUT2D eigenvalue weighted by molar-refractivity contribution is 5.97. The Morgan fingerprint density at radius 3 is 2.83 bits per heavy atom. The van der Waals surface area contributed by atoms with Crippen molar-refractivity contribution in [2.45, 2.75) is 39.0 Å². The van der Waals surface area contributed by atoms with Crippen LogP contribution in [0.4, 0.5) is 5.69 Å². The molecule has 0 aliphatic heterocycles. The van der Waals surface area contributed by atoms with Gasteiger partial charge in [-0.1, -0.05) is 17.7 Å². The zero-order chi connectivity index (χ0) is 17.2. The van der Waals surface area contributed by atoms with Gasteiger partial charge >= 0.3 is 0 Å². The summed E-state index contributed by atoms with van der Waals surface area (Å²) in [5.41, 5.74) is 2.69. The van der Waals surface area contributed by atoms with Crippen molar-refractivity contribution >= 4 is 17.5 Å². The number of rotatable bonds is 8. The molecular formula is C19H27N3O2. The molecule has 1 aromatic carbocycles. The molecule has 0 saturated heterocycles. The highest BCUT2D eigenvalue weighted by Crippen LogP contribution is 2.19. The second-order valence-corrected chi connectivity index (χ2v) is 6.02. The van der Waals surface area contributed by atoms with E-state index in [1.807, 2.05) is 6.92 Å². The van der Waals surface area contributed by atoms with E-state index < -0.39 is 0 Å². The molecule has 3 N–H and O–H groups in total. The van der Waals surface area contributed by atoms with Crippen LogP contribution in [-0.2, 0) is 4.79 Å². The van der Waals surface area contributed by atoms with Gasteiger partial charge in [0.15, 0.2) is 0 Å². The van der Waals surface area contributed by atoms with E-state index in [0.29, 0.717) is 17.8 Å². The van der Waals surface area contributed by atoms with E-state index in [1.54, 1.807) is 24.3 Å². The maximum atomic E-state index is 12.0. The Balaban J connectivity index is 1.72. The van der Waals surface area contributed by atoms with Crippen LogP contribution in [0.5, 0.6) is 0 Å². The van der Waals surface area contributed by atoms with Crippen LogP contribution in [0.25, 0.3) is 0 Å². The van der Waals surface area contributed by atoms with Gasteiger partial charge in [0.2, 0.25) is 5.91 Å². The van der Waals surface area contributed by atoms with Crippen molar-refractivity contribution in [2.24, 2.45) is 0 Å². The van der Waals surface area contributed by atoms with Gasteiger partial charge in [-0.05, 0) is 63.8 Å². The lowest BCUT2D eigenvalue weighted by Gasteiger charge is -2.13. The van der Waals surface area contributed by atoms with Crippen molar-refractivity contribution in [1.29, 1.82) is 0 Å². The molecule has 1 aromatic rings. The smallest absolute Gasteiger partial charge is 0.251 e. The molecular weight excluding hydrogens is 302 g/mol. The van der Waals surface area contributed by atoms with E-state index in [1.165, 1.54) is 31.3 Å². The maximum absolute atomic E-state index is 12.0. The second-order valence-electron chi connectivity index (χ2n) is 6.02. The minimum atomic E-state index is -0.132. The van der Waals surface area contributed by atoms with E-state index in [2.05, 4.69) is 22.0 Å². The third-order valence-corrected chi connectivity index (χ3v) is 4.04. The Hall–Kier alpha value is -2.14. The van der Waals surface area contributed by atoms with Gasteiger partial charge in [-0.25, -0.2) is 0 Å². The lowest BCUT2D eigenvalue weighted by Crippen LogP contribution is -2.29. The van der Waals surface area contributed by atoms with Crippen LogP contribution >= 0.6 is 0 Å². The van der Waals surface area contributed by atoms with Gasteiger partial charge in [-0.15, -0.1) is 0 Å². The third kappa shape index (κ3) is 6.16. The van der Waals surface area contributed by atoms with Gasteiger partial charge in [0, 0.05) is 17.8 Å². The van der Waals surface area contributed by atoms with E-state index in [0.717, 1.165) is 13.0 Å². The number of allylic oxidation sites excluding steroid dienone is 1. The Morgan fingerprint density at radius 2 is 2.08 bits per heavy atom. The number of carbonyl (C=O) groups excluding carboxylic acids is 2. The van der Waals surface area contributed by atoms with Gasteiger partial charge in [0.05, 0.1) is 6.54 Å². The van der Waals surface area contributed by atoms with E-state index in [-0.39, 0.29) is 18.4 Å². The summed E-state index contributed by atoms with van der Waals surface area (Å²) in [5.74, 6) is -0.229. The van der Waals surface area contributed by atoms with Crippen LogP contribution in [0.3, 0.4) is 0 Å². The zero-order valence-corrected chi connectivity index (χ0v) is 14.4. The standard InChI is InChI=1S/C19H27N3O2/c1-2-21-19(24)16-9-6-10-17(13-16)22-18(23)14-20-12-11-15-7-4-3-5-8-15/h6-7,9-10,13,20H,2-5,8,11-12,14H2,1H3,(H,21,24)(H,22,23). The predicted octanol–water partition coefficient (Wildman–Crippen LogP) is 2.85. The Labute approximate surface area is 143 Å². The van der Waals surface area contributed by atoms with Crippen molar-refractivity contribution in [1.82, 2.24) is 10.6 Å². The second kappa shape index (κ2) is 9.88. The molecule has 0 bridgehead atoms. The molecule has 0 radical (unpaired) electrons. The Kier molecular flexibility index (Phi) is 7.49. The van der Waals surface area contributed by atoms with Crippen LogP contribution in [0, 0.1) is 0 Å². The Morgan fingerprint density at radius 1 is 1.21 bits per heavy atom. The fraction of sp³-hybridized carbons (Fsp3) is 0.474. The molecule has 5 nitrogen and oxygen atoms in total. The van der Waals surface area contributed by atoms with Gasteiger partial charge in [0.25, 0.3) is 5.91 Å². The van der Waals surface area contributed by atoms with E-state index >= 15 is 0 Å². The molecule has 0 saturated carbocycles. The van der Waals surface area contributed by atoms with Crippen LogP contribution in [0.1, 0.15) is 49.4 Å². The first-order valence-corrected chi connectivity index (χ1v) is 8.75. The SMILES string of the molecule is CCNC(=O)c1cccc(NC(=O)CNCCC2=CCCCC2)c1. The highest BCUT2D eigenvalue weighted by Gasteiger charge is 2.07. The fourth-order valence-electron chi connectivity index (χ4n) is 2.79. The summed E-state index contributed by atoms with van der Waals surface area (Å²) >= 11 is 0. The molecule has 2 amide bonds. The normalized spacial score (nSPS) is 14.0. The molecule has 2 rings (SSSR count). The zero-order valence-electron chi connectivity index (χ0n) is 14.4. The minimum Gasteiger partial charge on any atom is -0.352 e. The molecule has 0 heterocycles. The molecule has 0 unspecified atom stereocenters. The largest absolute Gasteiger partial charge is 0.352 e. The number of benzene rings is 1. The molecule has 130 valence electrons. The average molecular weight is 329 g/mol. The molecule has 1 aliphatic carbocycles. The Bertz CT molecular complexity index is 596. The first kappa shape index (κ1) is 18.2. The number of nitrogens with one attached hydrogen (secondary N) is 3. The highest BCUT2D eigenvalue weighted by atomic mass is 16.2. The maximum Gasteiger partial charge on any atom is 0.251 e. The quantitative estimate of drug-likeness (QED) is 0.507. The van der Waals surface area contributed by atoms with E-state index in [4.69, 9.17) is 0 Å². The average Bonchev–Trinajstić information content (AvgIpc) is 2.60. The predicted molar refractivity (Wildman–Crippen MR) is 97.1 cm³/mol. The van der Waals surface area contributed by atoms with Gasteiger partial charge in [-0.2, -0.15) is 0 Å². The summed E-state index contributed by atoms with van der Waals surface area (Å²) in [5, 5.41) is 8.75. The lowest BCUT2D eigenvalue weighted by molar-refractivity contribution is -0.115. The minimum absolute atomic E-state index is 0.0966. The van der Waals surface area contributed by atoms with Crippen LogP contribution in [0.2, 0.25) is 0 Å². The summed E-state index contributed by atoms with van der Waals surface area (Å²) in [6, 6.07) is 6.98. The first-order valence-electron chi connectivity index (χ1n) is 8.75. The monoisotopic (exact) mass is 329 g/mol. The topological polar surface area (TPSA) is 70.2 Å². The third-order valence-electron chi connectivity index (χ3n) is 4.04. The van der Waals surface area contributed by atoms with Gasteiger partial charge in [0.1, 0.15) is 0 Å². The molecule has 0 fully saturated rings. The van der Waals surface area contributed by atoms with Crippen molar-refractivity contribution in [3.05, 3.63) is 41.5 Å². The van der Waals surface area contributed by atoms with E-state index in [9.17, 15) is 9.59 Å². The molecule has 0 spiro atoms. The number of amides is 2. The van der Waals surface area contributed by atoms with Crippen molar-refractivity contribution in [2.75, 3.05) is 25.0 Å². The van der Waals surface area contributed by atoms with Crippen LogP contribution in [-0.4, -0.2) is 31.4 Å². The fourth-order valence-corrected chi connectivity index (χ4v) is 2.79. The van der Waals surface area contributed by atoms with Gasteiger partial charge < -0.3 is 16.0 Å². The van der Waals surface area contributed by atoms with Crippen LogP contribution in [0.15, 0.2) is 35.9 Å². The number of anilines is 1. The molecule has 24 heavy (non-hydrogen) atoms. The molecule has 0 atom stereocenters. The van der Waals surface area contributed by atoms with Crippen molar-refractivity contribution < 1.29 is 9.59 Å². The first-order chi connectivity index (χ1) is 11.7. The summed E-state index contributed by atoms with van der Waals surface area (Å²) in [7, 11) is 0.